The first kappa shape index (κ1) is 11.9. The second-order valence-electron chi connectivity index (χ2n) is 2.31. The third-order valence-corrected chi connectivity index (χ3v) is 2.23. The quantitative estimate of drug-likeness (QED) is 0.659. The van der Waals surface area contributed by atoms with E-state index < -0.39 is 0 Å². The molecule has 0 aliphatic carbocycles. The van der Waals surface area contributed by atoms with E-state index in [-0.39, 0.29) is 18.4 Å². The van der Waals surface area contributed by atoms with Crippen LogP contribution in [0.1, 0.15) is 11.6 Å². The van der Waals surface area contributed by atoms with Crippen LogP contribution in [0.2, 0.25) is 0 Å². The third-order valence-electron chi connectivity index (χ3n) is 1.51. The van der Waals surface area contributed by atoms with Crippen LogP contribution >= 0.6 is 35.0 Å². The molecule has 3 heteroatoms. The summed E-state index contributed by atoms with van der Waals surface area (Å²) in [5.74, 6) is 0. The van der Waals surface area contributed by atoms with Crippen molar-refractivity contribution in [1.82, 2.24) is 0 Å². The number of hydrogen-bond donors (Lipinski definition) is 1. The lowest BCUT2D eigenvalue weighted by molar-refractivity contribution is 0.914. The van der Waals surface area contributed by atoms with Gasteiger partial charge >= 0.3 is 0 Å². The number of halogens is 2. The SMILES string of the molecule is C=C[C@H](N)c1ccc(I)cc1.Cl. The van der Waals surface area contributed by atoms with E-state index in [1.54, 1.807) is 6.08 Å². The molecular formula is C9H11ClIN. The Morgan fingerprint density at radius 3 is 2.25 bits per heavy atom. The predicted octanol–water partition coefficient (Wildman–Crippen LogP) is 2.90. The average Bonchev–Trinajstić information content (AvgIpc) is 2.05. The molecule has 0 fully saturated rings. The fourth-order valence-electron chi connectivity index (χ4n) is 0.821. The van der Waals surface area contributed by atoms with Crippen molar-refractivity contribution in [3.05, 3.63) is 46.1 Å². The van der Waals surface area contributed by atoms with Crippen LogP contribution in [-0.2, 0) is 0 Å². The zero-order chi connectivity index (χ0) is 8.27. The second kappa shape index (κ2) is 5.56. The highest BCUT2D eigenvalue weighted by atomic mass is 127. The smallest absolute Gasteiger partial charge is 0.0478 e. The highest BCUT2D eigenvalue weighted by Crippen LogP contribution is 2.12. The van der Waals surface area contributed by atoms with Crippen molar-refractivity contribution >= 4 is 35.0 Å². The van der Waals surface area contributed by atoms with Crippen LogP contribution in [0, 0.1) is 3.57 Å². The second-order valence-corrected chi connectivity index (χ2v) is 3.56. The Hall–Kier alpha value is -0.0600. The van der Waals surface area contributed by atoms with Crippen molar-refractivity contribution in [2.45, 2.75) is 6.04 Å². The monoisotopic (exact) mass is 295 g/mol. The number of hydrogen-bond acceptors (Lipinski definition) is 1. The van der Waals surface area contributed by atoms with E-state index in [9.17, 15) is 0 Å². The maximum atomic E-state index is 5.72. The van der Waals surface area contributed by atoms with Gasteiger partial charge in [-0.15, -0.1) is 19.0 Å². The maximum Gasteiger partial charge on any atom is 0.0478 e. The molecule has 0 radical (unpaired) electrons. The van der Waals surface area contributed by atoms with Crippen LogP contribution in [0.3, 0.4) is 0 Å². The van der Waals surface area contributed by atoms with Gasteiger partial charge in [-0.1, -0.05) is 18.2 Å². The molecule has 0 heterocycles. The fraction of sp³-hybridized carbons (Fsp3) is 0.111. The first-order valence-electron chi connectivity index (χ1n) is 3.37. The Morgan fingerprint density at radius 2 is 1.83 bits per heavy atom. The van der Waals surface area contributed by atoms with Crippen molar-refractivity contribution < 1.29 is 0 Å². The molecule has 0 spiro atoms. The summed E-state index contributed by atoms with van der Waals surface area (Å²) >= 11 is 2.27. The lowest BCUT2D eigenvalue weighted by Gasteiger charge is -2.05. The highest BCUT2D eigenvalue weighted by molar-refractivity contribution is 14.1. The molecule has 1 nitrogen and oxygen atoms in total. The zero-order valence-electron chi connectivity index (χ0n) is 6.53. The molecule has 0 unspecified atom stereocenters. The lowest BCUT2D eigenvalue weighted by atomic mass is 10.1. The first-order chi connectivity index (χ1) is 5.24. The first-order valence-corrected chi connectivity index (χ1v) is 4.45. The summed E-state index contributed by atoms with van der Waals surface area (Å²) in [4.78, 5) is 0. The Balaban J connectivity index is 0.00000121. The Kier molecular flexibility index (Phi) is 5.53. The molecule has 0 aliphatic heterocycles. The van der Waals surface area contributed by atoms with Crippen molar-refractivity contribution in [3.63, 3.8) is 0 Å². The van der Waals surface area contributed by atoms with Gasteiger partial charge in [-0.25, -0.2) is 0 Å². The van der Waals surface area contributed by atoms with E-state index in [0.717, 1.165) is 5.56 Å². The predicted molar refractivity (Wildman–Crippen MR) is 63.5 cm³/mol. The summed E-state index contributed by atoms with van der Waals surface area (Å²) in [7, 11) is 0. The van der Waals surface area contributed by atoms with Gasteiger partial charge in [0.1, 0.15) is 0 Å². The minimum absolute atomic E-state index is 0. The van der Waals surface area contributed by atoms with Crippen molar-refractivity contribution in [3.8, 4) is 0 Å². The van der Waals surface area contributed by atoms with E-state index in [4.69, 9.17) is 5.73 Å². The molecule has 2 N–H and O–H groups in total. The Labute approximate surface area is 92.6 Å². The van der Waals surface area contributed by atoms with E-state index in [1.165, 1.54) is 3.57 Å². The summed E-state index contributed by atoms with van der Waals surface area (Å²) in [5, 5.41) is 0. The summed E-state index contributed by atoms with van der Waals surface area (Å²) in [6.45, 7) is 3.63. The van der Waals surface area contributed by atoms with Crippen LogP contribution < -0.4 is 5.73 Å². The topological polar surface area (TPSA) is 26.0 Å². The molecule has 0 aliphatic rings. The molecule has 1 aromatic carbocycles. The summed E-state index contributed by atoms with van der Waals surface area (Å²) in [6.07, 6.45) is 1.74. The van der Waals surface area contributed by atoms with Gasteiger partial charge < -0.3 is 5.73 Å². The summed E-state index contributed by atoms with van der Waals surface area (Å²) in [5.41, 5.74) is 6.84. The third kappa shape index (κ3) is 3.13. The molecule has 0 amide bonds. The van der Waals surface area contributed by atoms with Crippen LogP contribution in [0.4, 0.5) is 0 Å². The van der Waals surface area contributed by atoms with Crippen molar-refractivity contribution in [2.24, 2.45) is 5.73 Å². The standard InChI is InChI=1S/C9H10IN.ClH/c1-2-9(11)7-3-5-8(10)6-4-7;/h2-6,9H,1,11H2;1H/t9-;/m0./s1. The van der Waals surface area contributed by atoms with Crippen LogP contribution in [0.25, 0.3) is 0 Å². The fourth-order valence-corrected chi connectivity index (χ4v) is 1.18. The average molecular weight is 296 g/mol. The molecule has 1 aromatic rings. The molecular weight excluding hydrogens is 284 g/mol. The summed E-state index contributed by atoms with van der Waals surface area (Å²) in [6, 6.07) is 8.09. The van der Waals surface area contributed by atoms with Gasteiger partial charge in [-0.3, -0.25) is 0 Å². The largest absolute Gasteiger partial charge is 0.321 e. The Morgan fingerprint density at radius 1 is 1.33 bits per heavy atom. The van der Waals surface area contributed by atoms with Gasteiger partial charge in [0.15, 0.2) is 0 Å². The molecule has 0 saturated carbocycles. The number of rotatable bonds is 2. The van der Waals surface area contributed by atoms with E-state index in [2.05, 4.69) is 29.2 Å². The maximum absolute atomic E-state index is 5.72. The van der Waals surface area contributed by atoms with Crippen molar-refractivity contribution in [1.29, 1.82) is 0 Å². The minimum atomic E-state index is -0.0352. The lowest BCUT2D eigenvalue weighted by Crippen LogP contribution is -2.05. The molecule has 1 rings (SSSR count). The molecule has 1 atom stereocenters. The van der Waals surface area contributed by atoms with Gasteiger partial charge in [-0.2, -0.15) is 0 Å². The van der Waals surface area contributed by atoms with Crippen molar-refractivity contribution in [2.75, 3.05) is 0 Å². The molecule has 0 saturated heterocycles. The van der Waals surface area contributed by atoms with Crippen LogP contribution in [0.15, 0.2) is 36.9 Å². The van der Waals surface area contributed by atoms with Crippen LogP contribution in [-0.4, -0.2) is 0 Å². The number of nitrogens with two attached hydrogens (primary N) is 1. The van der Waals surface area contributed by atoms with E-state index >= 15 is 0 Å². The van der Waals surface area contributed by atoms with Gasteiger partial charge in [0, 0.05) is 9.61 Å². The van der Waals surface area contributed by atoms with Crippen LogP contribution in [0.5, 0.6) is 0 Å². The molecule has 0 aromatic heterocycles. The van der Waals surface area contributed by atoms with Gasteiger partial charge in [0.05, 0.1) is 0 Å². The summed E-state index contributed by atoms with van der Waals surface area (Å²) < 4.78 is 1.22. The van der Waals surface area contributed by atoms with E-state index in [1.807, 2.05) is 24.3 Å². The number of benzene rings is 1. The Bertz CT molecular complexity index is 245. The normalized spacial score (nSPS) is 11.5. The zero-order valence-corrected chi connectivity index (χ0v) is 9.51. The van der Waals surface area contributed by atoms with Gasteiger partial charge in [0.2, 0.25) is 0 Å². The highest BCUT2D eigenvalue weighted by Gasteiger charge is 1.98. The van der Waals surface area contributed by atoms with E-state index in [0.29, 0.717) is 0 Å². The van der Waals surface area contributed by atoms with Gasteiger partial charge in [0.25, 0.3) is 0 Å². The molecule has 0 bridgehead atoms. The molecule has 66 valence electrons. The molecule has 12 heavy (non-hydrogen) atoms. The van der Waals surface area contributed by atoms with Gasteiger partial charge in [-0.05, 0) is 40.3 Å². The minimum Gasteiger partial charge on any atom is -0.321 e.